The Morgan fingerprint density at radius 1 is 1.33 bits per heavy atom. The van der Waals surface area contributed by atoms with E-state index >= 15 is 0 Å². The summed E-state index contributed by atoms with van der Waals surface area (Å²) in [7, 11) is 0. The molecule has 108 valence electrons. The van der Waals surface area contributed by atoms with E-state index in [1.165, 1.54) is 13.0 Å². The molecule has 1 aliphatic rings. The maximum absolute atomic E-state index is 12.3. The van der Waals surface area contributed by atoms with Crippen LogP contribution in [0.15, 0.2) is 59.5 Å². The summed E-state index contributed by atoms with van der Waals surface area (Å²) in [4.78, 5) is 30.0. The number of hydrogen-bond donors (Lipinski definition) is 0. The average Bonchev–Trinajstić information content (AvgIpc) is 2.70. The molecule has 1 aliphatic heterocycles. The first-order chi connectivity index (χ1) is 10.1. The van der Waals surface area contributed by atoms with Crippen LogP contribution in [0, 0.1) is 0 Å². The Bertz CT molecular complexity index is 647. The average molecular weight is 285 g/mol. The molecule has 0 spiro atoms. The molecule has 6 nitrogen and oxygen atoms in total. The number of anilines is 1. The molecule has 0 atom stereocenters. The maximum Gasteiger partial charge on any atom is 0.266 e. The molecule has 2 rings (SSSR count). The van der Waals surface area contributed by atoms with E-state index in [1.54, 1.807) is 30.3 Å². The van der Waals surface area contributed by atoms with Gasteiger partial charge in [0.05, 0.1) is 17.0 Å². The van der Waals surface area contributed by atoms with Crippen LogP contribution in [0.2, 0.25) is 0 Å². The van der Waals surface area contributed by atoms with Gasteiger partial charge in [-0.3, -0.25) is 9.59 Å². The van der Waals surface area contributed by atoms with Gasteiger partial charge in [-0.25, -0.2) is 4.90 Å². The van der Waals surface area contributed by atoms with E-state index < -0.39 is 17.6 Å². The Kier molecular flexibility index (Phi) is 4.18. The van der Waals surface area contributed by atoms with Gasteiger partial charge in [-0.15, -0.1) is 0 Å². The lowest BCUT2D eigenvalue weighted by Crippen LogP contribution is -2.33. The second-order valence-electron chi connectivity index (χ2n) is 4.25. The molecule has 0 saturated carbocycles. The summed E-state index contributed by atoms with van der Waals surface area (Å²) in [6.07, 6.45) is 1.47. The number of carbonyl (C=O) groups excluding carboxylic acids is 2. The zero-order valence-electron chi connectivity index (χ0n) is 11.4. The van der Waals surface area contributed by atoms with Crippen LogP contribution < -0.4 is 10.0 Å². The van der Waals surface area contributed by atoms with Gasteiger partial charge in [0.15, 0.2) is 0 Å². The fourth-order valence-electron chi connectivity index (χ4n) is 1.87. The first kappa shape index (κ1) is 14.5. The lowest BCUT2D eigenvalue weighted by Gasteiger charge is -2.15. The van der Waals surface area contributed by atoms with Crippen LogP contribution in [0.25, 0.3) is 0 Å². The molecular formula is C15H13N2O4-. The van der Waals surface area contributed by atoms with Crippen LogP contribution >= 0.6 is 0 Å². The van der Waals surface area contributed by atoms with Gasteiger partial charge in [-0.05, 0) is 24.8 Å². The van der Waals surface area contributed by atoms with Gasteiger partial charge in [-0.2, -0.15) is 0 Å². The Balaban J connectivity index is 2.32. The van der Waals surface area contributed by atoms with Gasteiger partial charge >= 0.3 is 0 Å². The Hall–Kier alpha value is -2.89. The van der Waals surface area contributed by atoms with Crippen LogP contribution in [0.4, 0.5) is 5.69 Å². The number of imide groups is 1. The molecule has 1 heterocycles. The number of hydrogen-bond acceptors (Lipinski definition) is 5. The summed E-state index contributed by atoms with van der Waals surface area (Å²) in [5.41, 5.74) is 0.141. The Labute approximate surface area is 121 Å². The monoisotopic (exact) mass is 285 g/mol. The Morgan fingerprint density at radius 2 is 2.00 bits per heavy atom. The van der Waals surface area contributed by atoms with Gasteiger partial charge < -0.3 is 9.94 Å². The third-order valence-corrected chi connectivity index (χ3v) is 2.81. The van der Waals surface area contributed by atoms with Crippen LogP contribution in [-0.2, 0) is 14.4 Å². The molecule has 1 aromatic rings. The summed E-state index contributed by atoms with van der Waals surface area (Å²) in [5.74, 6) is -2.47. The normalized spacial score (nSPS) is 15.7. The summed E-state index contributed by atoms with van der Waals surface area (Å²) < 4.78 is 0. The van der Waals surface area contributed by atoms with Gasteiger partial charge in [0.2, 0.25) is 0 Å². The standard InChI is InChI=1S/C15H14N2O4/c1-3-9-21-16-10(2)12-13(18)15(20)17(14(12)19)11-7-5-4-6-8-11/h3-8,18H,1,9H2,2H3/p-1/b16-10+. The quantitative estimate of drug-likeness (QED) is 0.263. The first-order valence-corrected chi connectivity index (χ1v) is 6.21. The van der Waals surface area contributed by atoms with Crippen molar-refractivity contribution in [1.29, 1.82) is 0 Å². The summed E-state index contributed by atoms with van der Waals surface area (Å²) in [5, 5.41) is 15.6. The lowest BCUT2D eigenvalue weighted by molar-refractivity contribution is -0.297. The van der Waals surface area contributed by atoms with E-state index in [4.69, 9.17) is 4.84 Å². The number of amides is 2. The minimum atomic E-state index is -0.889. The molecule has 0 aromatic heterocycles. The van der Waals surface area contributed by atoms with Crippen molar-refractivity contribution in [3.8, 4) is 0 Å². The summed E-state index contributed by atoms with van der Waals surface area (Å²) >= 11 is 0. The molecule has 1 aromatic carbocycles. The molecule has 0 bridgehead atoms. The number of benzene rings is 1. The minimum Gasteiger partial charge on any atom is -0.868 e. The number of carbonyl (C=O) groups is 2. The van der Waals surface area contributed by atoms with Gasteiger partial charge in [0.25, 0.3) is 11.8 Å². The SMILES string of the molecule is C=CCO/N=C(\C)C1=C([O-])C(=O)N(c2ccccc2)C1=O. The summed E-state index contributed by atoms with van der Waals surface area (Å²) in [6.45, 7) is 5.03. The zero-order valence-corrected chi connectivity index (χ0v) is 11.4. The highest BCUT2D eigenvalue weighted by molar-refractivity contribution is 6.40. The highest BCUT2D eigenvalue weighted by atomic mass is 16.6. The second kappa shape index (κ2) is 6.04. The van der Waals surface area contributed by atoms with Crippen molar-refractivity contribution in [3.05, 3.63) is 54.3 Å². The number of oxime groups is 1. The van der Waals surface area contributed by atoms with Gasteiger partial charge in [0.1, 0.15) is 6.61 Å². The molecule has 0 aliphatic carbocycles. The molecule has 2 amide bonds. The topological polar surface area (TPSA) is 82.0 Å². The first-order valence-electron chi connectivity index (χ1n) is 6.21. The smallest absolute Gasteiger partial charge is 0.266 e. The number of nitrogens with zero attached hydrogens (tertiary/aromatic N) is 2. The second-order valence-corrected chi connectivity index (χ2v) is 4.25. The largest absolute Gasteiger partial charge is 0.868 e. The van der Waals surface area contributed by atoms with Gasteiger partial charge in [-0.1, -0.05) is 36.0 Å². The highest BCUT2D eigenvalue weighted by Gasteiger charge is 2.36. The van der Waals surface area contributed by atoms with E-state index in [0.717, 1.165) is 4.90 Å². The van der Waals surface area contributed by atoms with Crippen molar-refractivity contribution in [1.82, 2.24) is 0 Å². The molecule has 21 heavy (non-hydrogen) atoms. The van der Waals surface area contributed by atoms with E-state index in [0.29, 0.717) is 5.69 Å². The zero-order chi connectivity index (χ0) is 15.4. The van der Waals surface area contributed by atoms with Crippen LogP contribution in [0.3, 0.4) is 0 Å². The van der Waals surface area contributed by atoms with E-state index in [-0.39, 0.29) is 17.9 Å². The molecule has 0 N–H and O–H groups in total. The van der Waals surface area contributed by atoms with Crippen molar-refractivity contribution in [2.24, 2.45) is 5.16 Å². The minimum absolute atomic E-state index is 0.0682. The molecule has 0 unspecified atom stereocenters. The Morgan fingerprint density at radius 3 is 2.62 bits per heavy atom. The van der Waals surface area contributed by atoms with Crippen molar-refractivity contribution in [2.45, 2.75) is 6.92 Å². The molecular weight excluding hydrogens is 272 g/mol. The molecule has 6 heteroatoms. The fourth-order valence-corrected chi connectivity index (χ4v) is 1.87. The van der Waals surface area contributed by atoms with Gasteiger partial charge in [0, 0.05) is 0 Å². The predicted molar refractivity (Wildman–Crippen MR) is 75.2 cm³/mol. The predicted octanol–water partition coefficient (Wildman–Crippen LogP) is 0.753. The van der Waals surface area contributed by atoms with Crippen LogP contribution in [0.1, 0.15) is 6.92 Å². The molecule has 0 fully saturated rings. The van der Waals surface area contributed by atoms with Crippen LogP contribution in [0.5, 0.6) is 0 Å². The van der Waals surface area contributed by atoms with E-state index in [2.05, 4.69) is 11.7 Å². The molecule has 0 radical (unpaired) electrons. The highest BCUT2D eigenvalue weighted by Crippen LogP contribution is 2.25. The molecule has 0 saturated heterocycles. The fraction of sp³-hybridized carbons (Fsp3) is 0.133. The van der Waals surface area contributed by atoms with E-state index in [9.17, 15) is 14.7 Å². The number of para-hydroxylation sites is 1. The maximum atomic E-state index is 12.3. The third-order valence-electron chi connectivity index (χ3n) is 2.81. The third kappa shape index (κ3) is 2.69. The lowest BCUT2D eigenvalue weighted by atomic mass is 10.1. The van der Waals surface area contributed by atoms with Crippen LogP contribution in [-0.4, -0.2) is 24.1 Å². The van der Waals surface area contributed by atoms with Crippen molar-refractivity contribution >= 4 is 23.2 Å². The number of rotatable bonds is 5. The van der Waals surface area contributed by atoms with Crippen molar-refractivity contribution < 1.29 is 19.5 Å². The van der Waals surface area contributed by atoms with Crippen molar-refractivity contribution in [2.75, 3.05) is 11.5 Å². The van der Waals surface area contributed by atoms with Crippen molar-refractivity contribution in [3.63, 3.8) is 0 Å². The van der Waals surface area contributed by atoms with E-state index in [1.807, 2.05) is 0 Å². The summed E-state index contributed by atoms with van der Waals surface area (Å²) in [6, 6.07) is 8.25.